The number of aliphatic hydroxyl groups is 1. The van der Waals surface area contributed by atoms with Crippen LogP contribution in [-0.2, 0) is 0 Å². The number of likely N-dealkylation sites (N-methyl/N-ethyl adjacent to an activating group) is 1. The van der Waals surface area contributed by atoms with Crippen molar-refractivity contribution < 1.29 is 5.11 Å². The molecule has 2 atom stereocenters. The Morgan fingerprint density at radius 2 is 2.21 bits per heavy atom. The SMILES string of the molecule is CC(O)CCN1CCCC1CN(C)C. The Hall–Kier alpha value is -0.120. The minimum Gasteiger partial charge on any atom is -0.393 e. The smallest absolute Gasteiger partial charge is 0.0524 e. The summed E-state index contributed by atoms with van der Waals surface area (Å²) in [5, 5.41) is 9.24. The Morgan fingerprint density at radius 3 is 2.79 bits per heavy atom. The minimum absolute atomic E-state index is 0.157. The molecule has 0 amide bonds. The molecule has 0 spiro atoms. The zero-order valence-electron chi connectivity index (χ0n) is 9.74. The van der Waals surface area contributed by atoms with Crippen LogP contribution < -0.4 is 0 Å². The van der Waals surface area contributed by atoms with Gasteiger partial charge in [0.25, 0.3) is 0 Å². The molecule has 1 aliphatic rings. The van der Waals surface area contributed by atoms with Crippen LogP contribution in [-0.4, -0.2) is 60.8 Å². The number of aliphatic hydroxyl groups excluding tert-OH is 1. The van der Waals surface area contributed by atoms with E-state index < -0.39 is 0 Å². The van der Waals surface area contributed by atoms with E-state index in [2.05, 4.69) is 23.9 Å². The maximum Gasteiger partial charge on any atom is 0.0524 e. The molecule has 1 N–H and O–H groups in total. The largest absolute Gasteiger partial charge is 0.393 e. The maximum atomic E-state index is 9.24. The van der Waals surface area contributed by atoms with E-state index in [1.54, 1.807) is 0 Å². The van der Waals surface area contributed by atoms with E-state index in [1.807, 2.05) is 6.92 Å². The van der Waals surface area contributed by atoms with Gasteiger partial charge in [0.1, 0.15) is 0 Å². The molecule has 0 bridgehead atoms. The van der Waals surface area contributed by atoms with Crippen molar-refractivity contribution in [2.24, 2.45) is 0 Å². The Balaban J connectivity index is 2.28. The van der Waals surface area contributed by atoms with Crippen molar-refractivity contribution in [1.29, 1.82) is 0 Å². The Morgan fingerprint density at radius 1 is 1.50 bits per heavy atom. The molecule has 14 heavy (non-hydrogen) atoms. The molecule has 0 aliphatic carbocycles. The van der Waals surface area contributed by atoms with Gasteiger partial charge in [0.05, 0.1) is 6.10 Å². The number of hydrogen-bond donors (Lipinski definition) is 1. The predicted molar refractivity (Wildman–Crippen MR) is 59.4 cm³/mol. The molecular formula is C11H24N2O. The third-order valence-electron chi connectivity index (χ3n) is 2.91. The molecule has 1 fully saturated rings. The van der Waals surface area contributed by atoms with Crippen molar-refractivity contribution in [3.8, 4) is 0 Å². The summed E-state index contributed by atoms with van der Waals surface area (Å²) in [6.07, 6.45) is 3.39. The molecule has 1 rings (SSSR count). The highest BCUT2D eigenvalue weighted by molar-refractivity contribution is 4.80. The van der Waals surface area contributed by atoms with Gasteiger partial charge in [-0.05, 0) is 46.8 Å². The van der Waals surface area contributed by atoms with Gasteiger partial charge in [-0.15, -0.1) is 0 Å². The van der Waals surface area contributed by atoms with Gasteiger partial charge in [-0.25, -0.2) is 0 Å². The molecule has 0 aromatic carbocycles. The highest BCUT2D eigenvalue weighted by Crippen LogP contribution is 2.18. The normalized spacial score (nSPS) is 25.9. The van der Waals surface area contributed by atoms with Gasteiger partial charge in [0, 0.05) is 19.1 Å². The Bertz CT molecular complexity index is 159. The summed E-state index contributed by atoms with van der Waals surface area (Å²) >= 11 is 0. The van der Waals surface area contributed by atoms with Gasteiger partial charge in [-0.1, -0.05) is 0 Å². The molecule has 2 unspecified atom stereocenters. The fourth-order valence-electron chi connectivity index (χ4n) is 2.17. The van der Waals surface area contributed by atoms with Crippen molar-refractivity contribution in [3.63, 3.8) is 0 Å². The van der Waals surface area contributed by atoms with Gasteiger partial charge in [-0.3, -0.25) is 4.90 Å². The highest BCUT2D eigenvalue weighted by atomic mass is 16.3. The quantitative estimate of drug-likeness (QED) is 0.710. The van der Waals surface area contributed by atoms with Gasteiger partial charge in [-0.2, -0.15) is 0 Å². The van der Waals surface area contributed by atoms with Crippen molar-refractivity contribution >= 4 is 0 Å². The first-order valence-electron chi connectivity index (χ1n) is 5.66. The first-order valence-corrected chi connectivity index (χ1v) is 5.66. The minimum atomic E-state index is -0.157. The van der Waals surface area contributed by atoms with E-state index in [0.717, 1.165) is 19.5 Å². The van der Waals surface area contributed by atoms with E-state index in [4.69, 9.17) is 0 Å². The maximum absolute atomic E-state index is 9.24. The van der Waals surface area contributed by atoms with Gasteiger partial charge in [0.2, 0.25) is 0 Å². The van der Waals surface area contributed by atoms with Crippen molar-refractivity contribution in [2.45, 2.75) is 38.3 Å². The van der Waals surface area contributed by atoms with Crippen LogP contribution in [0.1, 0.15) is 26.2 Å². The standard InChI is InChI=1S/C11H24N2O/c1-10(14)6-8-13-7-4-5-11(13)9-12(2)3/h10-11,14H,4-9H2,1-3H3. The Kier molecular flexibility index (Phi) is 4.85. The molecule has 84 valence electrons. The molecule has 1 saturated heterocycles. The number of rotatable bonds is 5. The van der Waals surface area contributed by atoms with Gasteiger partial charge < -0.3 is 10.0 Å². The topological polar surface area (TPSA) is 26.7 Å². The molecule has 3 nitrogen and oxygen atoms in total. The summed E-state index contributed by atoms with van der Waals surface area (Å²) in [4.78, 5) is 4.78. The summed E-state index contributed by atoms with van der Waals surface area (Å²) < 4.78 is 0. The van der Waals surface area contributed by atoms with Crippen LogP contribution in [0.5, 0.6) is 0 Å². The monoisotopic (exact) mass is 200 g/mol. The number of likely N-dealkylation sites (tertiary alicyclic amines) is 1. The van der Waals surface area contributed by atoms with E-state index >= 15 is 0 Å². The van der Waals surface area contributed by atoms with Crippen LogP contribution in [0.3, 0.4) is 0 Å². The van der Waals surface area contributed by atoms with E-state index in [-0.39, 0.29) is 6.10 Å². The van der Waals surface area contributed by atoms with Gasteiger partial charge in [0.15, 0.2) is 0 Å². The molecule has 3 heteroatoms. The lowest BCUT2D eigenvalue weighted by molar-refractivity contribution is 0.142. The lowest BCUT2D eigenvalue weighted by atomic mass is 10.2. The van der Waals surface area contributed by atoms with Crippen molar-refractivity contribution in [3.05, 3.63) is 0 Å². The predicted octanol–water partition coefficient (Wildman–Crippen LogP) is 0.783. The molecule has 1 aliphatic heterocycles. The van der Waals surface area contributed by atoms with Crippen molar-refractivity contribution in [1.82, 2.24) is 9.80 Å². The summed E-state index contributed by atoms with van der Waals surface area (Å²) in [7, 11) is 4.26. The van der Waals surface area contributed by atoms with Gasteiger partial charge >= 0.3 is 0 Å². The summed E-state index contributed by atoms with van der Waals surface area (Å²) in [5.74, 6) is 0. The summed E-state index contributed by atoms with van der Waals surface area (Å²) in [6, 6.07) is 0.712. The lowest BCUT2D eigenvalue weighted by Crippen LogP contribution is -2.38. The molecule has 0 aromatic rings. The average Bonchev–Trinajstić information content (AvgIpc) is 2.47. The number of nitrogens with zero attached hydrogens (tertiary/aromatic N) is 2. The first kappa shape index (κ1) is 12.0. The molecule has 0 saturated carbocycles. The zero-order valence-corrected chi connectivity index (χ0v) is 9.74. The third-order valence-corrected chi connectivity index (χ3v) is 2.91. The second-order valence-corrected chi connectivity index (χ2v) is 4.73. The third kappa shape index (κ3) is 3.95. The fraction of sp³-hybridized carbons (Fsp3) is 1.00. The molecule has 1 heterocycles. The van der Waals surface area contributed by atoms with E-state index in [9.17, 15) is 5.11 Å². The molecule has 0 aromatic heterocycles. The first-order chi connectivity index (χ1) is 6.59. The van der Waals surface area contributed by atoms with Crippen LogP contribution in [0.2, 0.25) is 0 Å². The zero-order chi connectivity index (χ0) is 10.6. The van der Waals surface area contributed by atoms with Crippen LogP contribution in [0, 0.1) is 0 Å². The lowest BCUT2D eigenvalue weighted by Gasteiger charge is -2.27. The molecular weight excluding hydrogens is 176 g/mol. The van der Waals surface area contributed by atoms with Crippen LogP contribution >= 0.6 is 0 Å². The molecule has 0 radical (unpaired) electrons. The van der Waals surface area contributed by atoms with Crippen LogP contribution in [0.4, 0.5) is 0 Å². The van der Waals surface area contributed by atoms with E-state index in [0.29, 0.717) is 6.04 Å². The van der Waals surface area contributed by atoms with Crippen molar-refractivity contribution in [2.75, 3.05) is 33.7 Å². The van der Waals surface area contributed by atoms with Crippen LogP contribution in [0.25, 0.3) is 0 Å². The van der Waals surface area contributed by atoms with E-state index in [1.165, 1.54) is 19.4 Å². The Labute approximate surface area is 87.7 Å². The summed E-state index contributed by atoms with van der Waals surface area (Å²) in [5.41, 5.74) is 0. The summed E-state index contributed by atoms with van der Waals surface area (Å²) in [6.45, 7) is 5.29. The second-order valence-electron chi connectivity index (χ2n) is 4.73. The average molecular weight is 200 g/mol. The highest BCUT2D eigenvalue weighted by Gasteiger charge is 2.24. The number of hydrogen-bond acceptors (Lipinski definition) is 3. The fourth-order valence-corrected chi connectivity index (χ4v) is 2.17. The van der Waals surface area contributed by atoms with Crippen LogP contribution in [0.15, 0.2) is 0 Å². The second kappa shape index (κ2) is 5.69.